The molecule has 2 aromatic rings. The summed E-state index contributed by atoms with van der Waals surface area (Å²) in [6.07, 6.45) is 2.73. The zero-order valence-corrected chi connectivity index (χ0v) is 16.4. The van der Waals surface area contributed by atoms with Crippen molar-refractivity contribution in [2.75, 3.05) is 37.3 Å². The van der Waals surface area contributed by atoms with Crippen LogP contribution in [0.15, 0.2) is 41.4 Å². The van der Waals surface area contributed by atoms with E-state index in [4.69, 9.17) is 23.2 Å². The van der Waals surface area contributed by atoms with Crippen LogP contribution in [0.1, 0.15) is 10.4 Å². The molecule has 1 saturated heterocycles. The van der Waals surface area contributed by atoms with Crippen molar-refractivity contribution in [3.05, 3.63) is 52.1 Å². The molecule has 1 amide bonds. The number of anilines is 1. The Labute approximate surface area is 162 Å². The molecule has 0 aliphatic carbocycles. The first kappa shape index (κ1) is 18.9. The molecule has 1 aliphatic rings. The van der Waals surface area contributed by atoms with E-state index in [1.54, 1.807) is 41.4 Å². The van der Waals surface area contributed by atoms with Crippen molar-refractivity contribution in [3.8, 4) is 0 Å². The van der Waals surface area contributed by atoms with Gasteiger partial charge in [0.1, 0.15) is 10.7 Å². The number of hydrogen-bond donors (Lipinski definition) is 0. The van der Waals surface area contributed by atoms with Crippen LogP contribution in [0.3, 0.4) is 0 Å². The highest BCUT2D eigenvalue weighted by Gasteiger charge is 2.27. The third-order valence-electron chi connectivity index (χ3n) is 4.18. The summed E-state index contributed by atoms with van der Waals surface area (Å²) in [5.41, 5.74) is 0.402. The van der Waals surface area contributed by atoms with Crippen molar-refractivity contribution < 1.29 is 13.2 Å². The van der Waals surface area contributed by atoms with E-state index >= 15 is 0 Å². The number of aromatic nitrogens is 1. The minimum Gasteiger partial charge on any atom is -0.352 e. The summed E-state index contributed by atoms with van der Waals surface area (Å²) in [7, 11) is -3.38. The van der Waals surface area contributed by atoms with Gasteiger partial charge in [-0.15, -0.1) is 0 Å². The Hall–Kier alpha value is -1.83. The Morgan fingerprint density at radius 3 is 2.42 bits per heavy atom. The molecule has 0 spiro atoms. The van der Waals surface area contributed by atoms with E-state index in [1.165, 1.54) is 0 Å². The van der Waals surface area contributed by atoms with Gasteiger partial charge in [-0.2, -0.15) is 0 Å². The van der Waals surface area contributed by atoms with Crippen LogP contribution in [-0.4, -0.2) is 56.6 Å². The first-order valence-electron chi connectivity index (χ1n) is 7.92. The molecule has 0 saturated carbocycles. The van der Waals surface area contributed by atoms with Gasteiger partial charge in [0.15, 0.2) is 9.84 Å². The van der Waals surface area contributed by atoms with Gasteiger partial charge in [-0.3, -0.25) is 4.79 Å². The smallest absolute Gasteiger partial charge is 0.255 e. The number of halogens is 2. The summed E-state index contributed by atoms with van der Waals surface area (Å²) in [6.45, 7) is 1.85. The van der Waals surface area contributed by atoms with E-state index in [-0.39, 0.29) is 10.8 Å². The number of nitrogens with zero attached hydrogens (tertiary/aromatic N) is 3. The maximum atomic E-state index is 12.7. The van der Waals surface area contributed by atoms with E-state index in [9.17, 15) is 13.2 Å². The van der Waals surface area contributed by atoms with Crippen molar-refractivity contribution >= 4 is 44.8 Å². The standard InChI is InChI=1S/C17H17Cl2N3O3S/c1-26(24,25)15-3-2-6-20-16(15)21-7-9-22(10-8-21)17(23)13-5-4-12(18)11-14(13)19/h2-6,11H,7-10H2,1H3. The predicted molar refractivity (Wildman–Crippen MR) is 102 cm³/mol. The molecule has 0 bridgehead atoms. The lowest BCUT2D eigenvalue weighted by Gasteiger charge is -2.36. The zero-order chi connectivity index (χ0) is 18.9. The van der Waals surface area contributed by atoms with Crippen LogP contribution in [0.2, 0.25) is 10.0 Å². The summed E-state index contributed by atoms with van der Waals surface area (Å²) < 4.78 is 23.9. The summed E-state index contributed by atoms with van der Waals surface area (Å²) in [5, 5.41) is 0.786. The van der Waals surface area contributed by atoms with Crippen LogP contribution in [0.5, 0.6) is 0 Å². The normalized spacial score (nSPS) is 15.2. The van der Waals surface area contributed by atoms with Crippen molar-refractivity contribution in [1.82, 2.24) is 9.88 Å². The summed E-state index contributed by atoms with van der Waals surface area (Å²) >= 11 is 12.0. The second kappa shape index (κ2) is 7.42. The van der Waals surface area contributed by atoms with Gasteiger partial charge < -0.3 is 9.80 Å². The number of amides is 1. The first-order valence-corrected chi connectivity index (χ1v) is 10.6. The minimum absolute atomic E-state index is 0.171. The van der Waals surface area contributed by atoms with Gasteiger partial charge >= 0.3 is 0 Å². The number of carbonyl (C=O) groups excluding carboxylic acids is 1. The molecule has 1 aromatic heterocycles. The molecular formula is C17H17Cl2N3O3S. The van der Waals surface area contributed by atoms with Gasteiger partial charge in [0.25, 0.3) is 5.91 Å². The molecule has 2 heterocycles. The lowest BCUT2D eigenvalue weighted by Crippen LogP contribution is -2.49. The van der Waals surface area contributed by atoms with Crippen molar-refractivity contribution in [2.24, 2.45) is 0 Å². The molecule has 6 nitrogen and oxygen atoms in total. The van der Waals surface area contributed by atoms with E-state index in [0.717, 1.165) is 6.26 Å². The average molecular weight is 414 g/mol. The van der Waals surface area contributed by atoms with Gasteiger partial charge in [0, 0.05) is 43.7 Å². The van der Waals surface area contributed by atoms with Crippen molar-refractivity contribution in [3.63, 3.8) is 0 Å². The fourth-order valence-electron chi connectivity index (χ4n) is 2.86. The highest BCUT2D eigenvalue weighted by Crippen LogP contribution is 2.25. The van der Waals surface area contributed by atoms with E-state index in [0.29, 0.717) is 47.6 Å². The number of sulfone groups is 1. The van der Waals surface area contributed by atoms with Crippen molar-refractivity contribution in [2.45, 2.75) is 4.90 Å². The topological polar surface area (TPSA) is 70.6 Å². The van der Waals surface area contributed by atoms with E-state index < -0.39 is 9.84 Å². The Bertz CT molecular complexity index is 942. The maximum absolute atomic E-state index is 12.7. The monoisotopic (exact) mass is 413 g/mol. The van der Waals surface area contributed by atoms with Gasteiger partial charge in [-0.1, -0.05) is 23.2 Å². The molecule has 9 heteroatoms. The van der Waals surface area contributed by atoms with Crippen LogP contribution < -0.4 is 4.90 Å². The van der Waals surface area contributed by atoms with Crippen molar-refractivity contribution in [1.29, 1.82) is 0 Å². The molecule has 138 valence electrons. The maximum Gasteiger partial charge on any atom is 0.255 e. The number of benzene rings is 1. The lowest BCUT2D eigenvalue weighted by molar-refractivity contribution is 0.0746. The van der Waals surface area contributed by atoms with E-state index in [2.05, 4.69) is 4.98 Å². The Morgan fingerprint density at radius 1 is 1.12 bits per heavy atom. The third kappa shape index (κ3) is 3.95. The van der Waals surface area contributed by atoms with Crippen LogP contribution in [0, 0.1) is 0 Å². The van der Waals surface area contributed by atoms with E-state index in [1.807, 2.05) is 4.90 Å². The Kier molecular flexibility index (Phi) is 5.41. The highest BCUT2D eigenvalue weighted by atomic mass is 35.5. The second-order valence-electron chi connectivity index (χ2n) is 6.00. The van der Waals surface area contributed by atoms with Gasteiger partial charge in [-0.05, 0) is 30.3 Å². The number of piperazine rings is 1. The third-order valence-corrected chi connectivity index (χ3v) is 5.84. The van der Waals surface area contributed by atoms with Crippen LogP contribution in [0.4, 0.5) is 5.82 Å². The molecule has 0 radical (unpaired) electrons. The molecular weight excluding hydrogens is 397 g/mol. The molecule has 0 atom stereocenters. The van der Waals surface area contributed by atoms with Gasteiger partial charge in [0.2, 0.25) is 0 Å². The summed E-state index contributed by atoms with van der Waals surface area (Å²) in [6, 6.07) is 7.92. The van der Waals surface area contributed by atoms with Crippen LogP contribution >= 0.6 is 23.2 Å². The molecule has 1 fully saturated rings. The number of pyridine rings is 1. The first-order chi connectivity index (χ1) is 12.3. The highest BCUT2D eigenvalue weighted by molar-refractivity contribution is 7.90. The molecule has 0 N–H and O–H groups in total. The number of hydrogen-bond acceptors (Lipinski definition) is 5. The largest absolute Gasteiger partial charge is 0.352 e. The van der Waals surface area contributed by atoms with Crippen LogP contribution in [-0.2, 0) is 9.84 Å². The molecule has 1 aromatic carbocycles. The van der Waals surface area contributed by atoms with Gasteiger partial charge in [-0.25, -0.2) is 13.4 Å². The fourth-order valence-corrected chi connectivity index (χ4v) is 4.19. The summed E-state index contributed by atoms with van der Waals surface area (Å²) in [5.74, 6) is 0.252. The Balaban J connectivity index is 1.75. The van der Waals surface area contributed by atoms with Crippen LogP contribution in [0.25, 0.3) is 0 Å². The quantitative estimate of drug-likeness (QED) is 0.773. The molecule has 26 heavy (non-hydrogen) atoms. The number of rotatable bonds is 3. The zero-order valence-electron chi connectivity index (χ0n) is 14.0. The SMILES string of the molecule is CS(=O)(=O)c1cccnc1N1CCN(C(=O)c2ccc(Cl)cc2Cl)CC1. The average Bonchev–Trinajstić information content (AvgIpc) is 2.61. The fraction of sp³-hybridized carbons (Fsp3) is 0.294. The molecule has 0 unspecified atom stereocenters. The predicted octanol–water partition coefficient (Wildman–Crippen LogP) is 2.75. The Morgan fingerprint density at radius 2 is 1.81 bits per heavy atom. The lowest BCUT2D eigenvalue weighted by atomic mass is 10.1. The minimum atomic E-state index is -3.38. The van der Waals surface area contributed by atoms with Gasteiger partial charge in [0.05, 0.1) is 10.6 Å². The molecule has 1 aliphatic heterocycles. The summed E-state index contributed by atoms with van der Waals surface area (Å²) in [4.78, 5) is 20.7. The molecule has 3 rings (SSSR count). The second-order valence-corrected chi connectivity index (χ2v) is 8.83. The number of carbonyl (C=O) groups is 1.